The molecule has 4 heteroatoms. The summed E-state index contributed by atoms with van der Waals surface area (Å²) in [6, 6.07) is 7.57. The van der Waals surface area contributed by atoms with Gasteiger partial charge in [-0.3, -0.25) is 0 Å². The van der Waals surface area contributed by atoms with Gasteiger partial charge in [0, 0.05) is 12.7 Å². The number of aryl methyl sites for hydroxylation is 1. The van der Waals surface area contributed by atoms with E-state index in [1.54, 1.807) is 18.4 Å². The molecule has 2 rings (SSSR count). The molecule has 0 saturated heterocycles. The van der Waals surface area contributed by atoms with Crippen molar-refractivity contribution in [1.29, 1.82) is 0 Å². The molecule has 0 fully saturated rings. The smallest absolute Gasteiger partial charge is 0.125 e. The quantitative estimate of drug-likeness (QED) is 0.825. The summed E-state index contributed by atoms with van der Waals surface area (Å²) in [5, 5.41) is 14.5. The van der Waals surface area contributed by atoms with Crippen LogP contribution in [0.3, 0.4) is 0 Å². The van der Waals surface area contributed by atoms with Crippen LogP contribution in [0, 0.1) is 6.92 Å². The molecule has 1 aromatic carbocycles. The number of hydrogen-bond donors (Lipinski definition) is 1. The van der Waals surface area contributed by atoms with E-state index in [2.05, 4.69) is 0 Å². The number of hydrogen-bond acceptors (Lipinski definition) is 4. The van der Waals surface area contributed by atoms with E-state index < -0.39 is 6.10 Å². The maximum absolute atomic E-state index is 10.5. The monoisotopic (exact) mass is 278 g/mol. The summed E-state index contributed by atoms with van der Waals surface area (Å²) in [7, 11) is 1.64. The first-order valence-electron chi connectivity index (χ1n) is 6.15. The fourth-order valence-electron chi connectivity index (χ4n) is 1.89. The minimum absolute atomic E-state index is 0.475. The van der Waals surface area contributed by atoms with Gasteiger partial charge in [0.05, 0.1) is 6.61 Å². The summed E-state index contributed by atoms with van der Waals surface area (Å²) in [5.74, 6) is 0.706. The minimum Gasteiger partial charge on any atom is -0.491 e. The van der Waals surface area contributed by atoms with Crippen LogP contribution in [0.2, 0.25) is 0 Å². The van der Waals surface area contributed by atoms with Crippen LogP contribution >= 0.6 is 11.3 Å². The molecule has 0 aliphatic heterocycles. The zero-order valence-electron chi connectivity index (χ0n) is 11.1. The highest BCUT2D eigenvalue weighted by atomic mass is 32.1. The minimum atomic E-state index is -0.648. The molecule has 1 aromatic heterocycles. The number of benzene rings is 1. The van der Waals surface area contributed by atoms with Gasteiger partial charge in [0.2, 0.25) is 0 Å². The first kappa shape index (κ1) is 14.1. The topological polar surface area (TPSA) is 38.7 Å². The van der Waals surface area contributed by atoms with Gasteiger partial charge in [0.25, 0.3) is 0 Å². The molecule has 0 aliphatic rings. The number of aliphatic hydroxyl groups is 1. The lowest BCUT2D eigenvalue weighted by Gasteiger charge is -2.16. The number of thiophene rings is 1. The largest absolute Gasteiger partial charge is 0.491 e. The van der Waals surface area contributed by atoms with Gasteiger partial charge >= 0.3 is 0 Å². The molecule has 2 aromatic rings. The molecule has 1 heterocycles. The maximum Gasteiger partial charge on any atom is 0.125 e. The molecule has 1 atom stereocenters. The van der Waals surface area contributed by atoms with Crippen LogP contribution in [-0.4, -0.2) is 25.4 Å². The predicted octanol–water partition coefficient (Wildman–Crippen LogP) is 3.16. The highest BCUT2D eigenvalue weighted by Gasteiger charge is 2.17. The third-order valence-electron chi connectivity index (χ3n) is 2.95. The van der Waals surface area contributed by atoms with E-state index in [9.17, 15) is 5.11 Å². The van der Waals surface area contributed by atoms with Gasteiger partial charge in [0.15, 0.2) is 0 Å². The van der Waals surface area contributed by atoms with E-state index in [0.717, 1.165) is 16.7 Å². The van der Waals surface area contributed by atoms with E-state index in [4.69, 9.17) is 9.47 Å². The Kier molecular flexibility index (Phi) is 4.96. The van der Waals surface area contributed by atoms with Crippen molar-refractivity contribution in [2.75, 3.05) is 20.3 Å². The number of ether oxygens (including phenoxy) is 2. The lowest BCUT2D eigenvalue weighted by atomic mass is 10.0. The average Bonchev–Trinajstić information content (AvgIpc) is 2.85. The average molecular weight is 278 g/mol. The first-order chi connectivity index (χ1) is 9.24. The normalized spacial score (nSPS) is 12.4. The van der Waals surface area contributed by atoms with Crippen molar-refractivity contribution >= 4 is 11.3 Å². The van der Waals surface area contributed by atoms with Gasteiger partial charge in [-0.1, -0.05) is 18.2 Å². The molecule has 0 amide bonds. The van der Waals surface area contributed by atoms with Gasteiger partial charge in [-0.2, -0.15) is 11.3 Å². The lowest BCUT2D eigenvalue weighted by Crippen LogP contribution is -2.08. The van der Waals surface area contributed by atoms with Crippen molar-refractivity contribution in [3.63, 3.8) is 0 Å². The van der Waals surface area contributed by atoms with Crippen LogP contribution in [0.5, 0.6) is 5.75 Å². The second kappa shape index (κ2) is 6.70. The molecule has 3 nitrogen and oxygen atoms in total. The van der Waals surface area contributed by atoms with Crippen molar-refractivity contribution < 1.29 is 14.6 Å². The summed E-state index contributed by atoms with van der Waals surface area (Å²) in [5.41, 5.74) is 2.83. The Morgan fingerprint density at radius 2 is 1.95 bits per heavy atom. The van der Waals surface area contributed by atoms with Crippen LogP contribution in [0.1, 0.15) is 22.8 Å². The van der Waals surface area contributed by atoms with Crippen LogP contribution in [-0.2, 0) is 4.74 Å². The summed E-state index contributed by atoms with van der Waals surface area (Å²) in [4.78, 5) is 0. The van der Waals surface area contributed by atoms with Gasteiger partial charge in [-0.05, 0) is 34.9 Å². The molecule has 0 spiro atoms. The second-order valence-corrected chi connectivity index (χ2v) is 5.04. The zero-order valence-corrected chi connectivity index (χ0v) is 11.9. The maximum atomic E-state index is 10.5. The first-order valence-corrected chi connectivity index (χ1v) is 7.09. The molecule has 19 heavy (non-hydrogen) atoms. The van der Waals surface area contributed by atoms with Crippen molar-refractivity contribution in [2.24, 2.45) is 0 Å². The van der Waals surface area contributed by atoms with Gasteiger partial charge in [-0.25, -0.2) is 0 Å². The third-order valence-corrected chi connectivity index (χ3v) is 3.83. The molecule has 1 unspecified atom stereocenters. The SMILES string of the molecule is COCCOc1ccccc1C(O)c1cscc1C. The number of aliphatic hydroxyl groups excluding tert-OH is 1. The van der Waals surface area contributed by atoms with Crippen LogP contribution < -0.4 is 4.74 Å². The zero-order chi connectivity index (χ0) is 13.7. The van der Waals surface area contributed by atoms with E-state index in [-0.39, 0.29) is 0 Å². The molecular weight excluding hydrogens is 260 g/mol. The number of rotatable bonds is 6. The molecule has 0 radical (unpaired) electrons. The lowest BCUT2D eigenvalue weighted by molar-refractivity contribution is 0.142. The molecule has 1 N–H and O–H groups in total. The van der Waals surface area contributed by atoms with Crippen LogP contribution in [0.4, 0.5) is 0 Å². The van der Waals surface area contributed by atoms with Gasteiger partial charge in [0.1, 0.15) is 18.5 Å². The van der Waals surface area contributed by atoms with E-state index in [1.165, 1.54) is 0 Å². The van der Waals surface area contributed by atoms with E-state index >= 15 is 0 Å². The van der Waals surface area contributed by atoms with Crippen molar-refractivity contribution in [3.8, 4) is 5.75 Å². The Hall–Kier alpha value is -1.36. The summed E-state index contributed by atoms with van der Waals surface area (Å²) >= 11 is 1.60. The summed E-state index contributed by atoms with van der Waals surface area (Å²) in [6.07, 6.45) is -0.648. The van der Waals surface area contributed by atoms with E-state index in [0.29, 0.717) is 19.0 Å². The Labute approximate surface area is 117 Å². The molecule has 0 saturated carbocycles. The standard InChI is InChI=1S/C15H18O3S/c1-11-9-19-10-13(11)15(16)12-5-3-4-6-14(12)18-8-7-17-2/h3-6,9-10,15-16H,7-8H2,1-2H3. The van der Waals surface area contributed by atoms with Gasteiger partial charge in [-0.15, -0.1) is 0 Å². The number of para-hydroxylation sites is 1. The Bertz CT molecular complexity index is 522. The molecular formula is C15H18O3S. The van der Waals surface area contributed by atoms with Crippen molar-refractivity contribution in [2.45, 2.75) is 13.0 Å². The van der Waals surface area contributed by atoms with Crippen molar-refractivity contribution in [3.05, 3.63) is 51.7 Å². The van der Waals surface area contributed by atoms with E-state index in [1.807, 2.05) is 41.9 Å². The summed E-state index contributed by atoms with van der Waals surface area (Å²) < 4.78 is 10.6. The Morgan fingerprint density at radius 1 is 1.16 bits per heavy atom. The predicted molar refractivity (Wildman–Crippen MR) is 76.9 cm³/mol. The van der Waals surface area contributed by atoms with Crippen LogP contribution in [0.15, 0.2) is 35.0 Å². The van der Waals surface area contributed by atoms with Gasteiger partial charge < -0.3 is 14.6 Å². The highest BCUT2D eigenvalue weighted by molar-refractivity contribution is 7.08. The highest BCUT2D eigenvalue weighted by Crippen LogP contribution is 2.32. The second-order valence-electron chi connectivity index (χ2n) is 4.29. The fourth-order valence-corrected chi connectivity index (χ4v) is 2.76. The molecule has 0 bridgehead atoms. The van der Waals surface area contributed by atoms with Crippen molar-refractivity contribution in [1.82, 2.24) is 0 Å². The number of methoxy groups -OCH3 is 1. The Morgan fingerprint density at radius 3 is 2.63 bits per heavy atom. The molecule has 0 aliphatic carbocycles. The Balaban J connectivity index is 2.21. The third kappa shape index (κ3) is 3.35. The summed E-state index contributed by atoms with van der Waals surface area (Å²) in [6.45, 7) is 3.01. The molecule has 102 valence electrons. The van der Waals surface area contributed by atoms with Crippen LogP contribution in [0.25, 0.3) is 0 Å². The fraction of sp³-hybridized carbons (Fsp3) is 0.333.